The fourth-order valence-electron chi connectivity index (χ4n) is 3.46. The summed E-state index contributed by atoms with van der Waals surface area (Å²) in [5.74, 6) is 0.330. The van der Waals surface area contributed by atoms with Gasteiger partial charge in [0.25, 0.3) is 0 Å². The monoisotopic (exact) mass is 277 g/mol. The second-order valence-corrected chi connectivity index (χ2v) is 8.26. The molecule has 1 aromatic heterocycles. The van der Waals surface area contributed by atoms with Crippen LogP contribution in [0.4, 0.5) is 0 Å². The van der Waals surface area contributed by atoms with Gasteiger partial charge in [-0.1, -0.05) is 20.3 Å². The average molecular weight is 277 g/mol. The zero-order valence-corrected chi connectivity index (χ0v) is 13.0. The highest BCUT2D eigenvalue weighted by Gasteiger charge is 2.39. The van der Waals surface area contributed by atoms with Gasteiger partial charge in [-0.2, -0.15) is 11.8 Å². The number of carbonyl (C=O) groups excluding carboxylic acids is 1. The van der Waals surface area contributed by atoms with E-state index < -0.39 is 0 Å². The summed E-state index contributed by atoms with van der Waals surface area (Å²) < 4.78 is 2.79. The van der Waals surface area contributed by atoms with E-state index in [2.05, 4.69) is 30.9 Å². The Labute approximate surface area is 120 Å². The number of nitrogens with zero attached hydrogens (tertiary/aromatic N) is 1. The highest BCUT2D eigenvalue weighted by Crippen LogP contribution is 2.45. The van der Waals surface area contributed by atoms with Gasteiger partial charge in [0.1, 0.15) is 0 Å². The van der Waals surface area contributed by atoms with Gasteiger partial charge >= 0.3 is 0 Å². The van der Waals surface area contributed by atoms with Crippen LogP contribution in [0.5, 0.6) is 0 Å². The maximum absolute atomic E-state index is 12.2. The Kier molecular flexibility index (Phi) is 3.08. The number of Topliss-reactive ketones (excluding diaryl/α,β-unsaturated/α-hetero) is 1. The zero-order chi connectivity index (χ0) is 13.7. The van der Waals surface area contributed by atoms with Gasteiger partial charge in [-0.25, -0.2) is 0 Å². The first-order valence-electron chi connectivity index (χ1n) is 7.21. The van der Waals surface area contributed by atoms with Crippen LogP contribution in [-0.2, 0) is 13.0 Å². The summed E-state index contributed by atoms with van der Waals surface area (Å²) in [6, 6.07) is 2.04. The lowest BCUT2D eigenvalue weighted by Crippen LogP contribution is -2.39. The Morgan fingerprint density at radius 3 is 2.63 bits per heavy atom. The molecule has 0 bridgehead atoms. The fourth-order valence-corrected chi connectivity index (χ4v) is 4.42. The Morgan fingerprint density at radius 1 is 1.32 bits per heavy atom. The first kappa shape index (κ1) is 13.3. The number of hydrogen-bond donors (Lipinski definition) is 0. The third kappa shape index (κ3) is 2.26. The summed E-state index contributed by atoms with van der Waals surface area (Å²) in [5.41, 5.74) is 2.38. The highest BCUT2D eigenvalue weighted by molar-refractivity contribution is 8.00. The molecular weight excluding hydrogens is 254 g/mol. The standard InChI is InChI=1S/C16H23NOS/c1-15(2)9-13-12(14(18)10-15)5-8-17(13)11-16(19-3)6-4-7-16/h5,8H,4,6-7,9-11H2,1-3H3. The molecule has 1 aromatic rings. The van der Waals surface area contributed by atoms with Crippen LogP contribution >= 0.6 is 11.8 Å². The minimum absolute atomic E-state index is 0.117. The van der Waals surface area contributed by atoms with Crippen LogP contribution in [0.2, 0.25) is 0 Å². The molecule has 2 aliphatic rings. The number of rotatable bonds is 3. The van der Waals surface area contributed by atoms with Crippen LogP contribution in [0.3, 0.4) is 0 Å². The molecule has 0 N–H and O–H groups in total. The summed E-state index contributed by atoms with van der Waals surface area (Å²) >= 11 is 2.00. The van der Waals surface area contributed by atoms with Gasteiger partial charge in [-0.05, 0) is 37.0 Å². The molecule has 104 valence electrons. The largest absolute Gasteiger partial charge is 0.349 e. The number of aromatic nitrogens is 1. The molecule has 0 unspecified atom stereocenters. The minimum atomic E-state index is 0.117. The first-order valence-corrected chi connectivity index (χ1v) is 8.44. The number of thioether (sulfide) groups is 1. The number of hydrogen-bond acceptors (Lipinski definition) is 2. The van der Waals surface area contributed by atoms with Crippen molar-refractivity contribution in [3.63, 3.8) is 0 Å². The summed E-state index contributed by atoms with van der Waals surface area (Å²) in [5, 5.41) is 0. The minimum Gasteiger partial charge on any atom is -0.349 e. The SMILES string of the molecule is CSC1(Cn2ccc3c2CC(C)(C)CC3=O)CCC1. The Bertz CT molecular complexity index is 505. The van der Waals surface area contributed by atoms with E-state index in [0.29, 0.717) is 17.0 Å². The topological polar surface area (TPSA) is 22.0 Å². The highest BCUT2D eigenvalue weighted by atomic mass is 32.2. The average Bonchev–Trinajstić information content (AvgIpc) is 2.65. The molecule has 0 amide bonds. The van der Waals surface area contributed by atoms with Crippen molar-refractivity contribution in [2.24, 2.45) is 5.41 Å². The second kappa shape index (κ2) is 4.41. The number of ketones is 1. The molecule has 0 aliphatic heterocycles. The molecule has 2 nitrogen and oxygen atoms in total. The Morgan fingerprint density at radius 2 is 2.05 bits per heavy atom. The van der Waals surface area contributed by atoms with Crippen LogP contribution in [-0.4, -0.2) is 21.4 Å². The van der Waals surface area contributed by atoms with Crippen molar-refractivity contribution >= 4 is 17.5 Å². The van der Waals surface area contributed by atoms with Gasteiger partial charge in [0.15, 0.2) is 5.78 Å². The van der Waals surface area contributed by atoms with Crippen molar-refractivity contribution in [3.8, 4) is 0 Å². The fraction of sp³-hybridized carbons (Fsp3) is 0.688. The van der Waals surface area contributed by atoms with E-state index in [0.717, 1.165) is 18.5 Å². The van der Waals surface area contributed by atoms with Crippen molar-refractivity contribution in [3.05, 3.63) is 23.5 Å². The normalized spacial score (nSPS) is 23.8. The molecule has 1 heterocycles. The van der Waals surface area contributed by atoms with E-state index in [-0.39, 0.29) is 5.41 Å². The number of fused-ring (bicyclic) bond motifs is 1. The lowest BCUT2D eigenvalue weighted by Gasteiger charge is -2.41. The van der Waals surface area contributed by atoms with E-state index in [1.165, 1.54) is 25.0 Å². The van der Waals surface area contributed by atoms with Gasteiger partial charge in [-0.3, -0.25) is 4.79 Å². The molecule has 3 heteroatoms. The van der Waals surface area contributed by atoms with Crippen molar-refractivity contribution in [2.75, 3.05) is 6.26 Å². The molecule has 3 rings (SSSR count). The van der Waals surface area contributed by atoms with E-state index in [1.54, 1.807) is 0 Å². The Balaban J connectivity index is 1.91. The van der Waals surface area contributed by atoms with Crippen molar-refractivity contribution in [1.82, 2.24) is 4.57 Å². The molecule has 0 radical (unpaired) electrons. The molecular formula is C16H23NOS. The molecule has 0 spiro atoms. The van der Waals surface area contributed by atoms with Crippen LogP contribution < -0.4 is 0 Å². The maximum atomic E-state index is 12.2. The third-order valence-corrected chi connectivity index (χ3v) is 6.22. The van der Waals surface area contributed by atoms with Gasteiger partial charge in [-0.15, -0.1) is 0 Å². The predicted molar refractivity (Wildman–Crippen MR) is 81.0 cm³/mol. The van der Waals surface area contributed by atoms with Crippen LogP contribution in [0.15, 0.2) is 12.3 Å². The van der Waals surface area contributed by atoms with Crippen molar-refractivity contribution in [1.29, 1.82) is 0 Å². The second-order valence-electron chi connectivity index (χ2n) is 6.99. The van der Waals surface area contributed by atoms with Gasteiger partial charge in [0, 0.05) is 35.2 Å². The van der Waals surface area contributed by atoms with E-state index >= 15 is 0 Å². The van der Waals surface area contributed by atoms with Crippen molar-refractivity contribution < 1.29 is 4.79 Å². The van der Waals surface area contributed by atoms with Crippen LogP contribution in [0.25, 0.3) is 0 Å². The number of carbonyl (C=O) groups is 1. The summed E-state index contributed by atoms with van der Waals surface area (Å²) in [4.78, 5) is 12.2. The van der Waals surface area contributed by atoms with Crippen LogP contribution in [0, 0.1) is 5.41 Å². The summed E-state index contributed by atoms with van der Waals surface area (Å²) in [6.45, 7) is 5.49. The maximum Gasteiger partial charge on any atom is 0.165 e. The Hall–Kier alpha value is -0.700. The molecule has 0 atom stereocenters. The first-order chi connectivity index (χ1) is 8.95. The van der Waals surface area contributed by atoms with Crippen molar-refractivity contribution in [2.45, 2.75) is 57.2 Å². The molecule has 19 heavy (non-hydrogen) atoms. The van der Waals surface area contributed by atoms with Crippen LogP contribution in [0.1, 0.15) is 55.6 Å². The van der Waals surface area contributed by atoms with E-state index in [1.807, 2.05) is 17.8 Å². The molecule has 2 aliphatic carbocycles. The molecule has 0 aromatic carbocycles. The zero-order valence-electron chi connectivity index (χ0n) is 12.2. The molecule has 0 saturated heterocycles. The summed E-state index contributed by atoms with van der Waals surface area (Å²) in [7, 11) is 0. The predicted octanol–water partition coefficient (Wildman–Crippen LogP) is 3.93. The van der Waals surface area contributed by atoms with E-state index in [4.69, 9.17) is 0 Å². The molecule has 1 fully saturated rings. The van der Waals surface area contributed by atoms with Gasteiger partial charge in [0.2, 0.25) is 0 Å². The van der Waals surface area contributed by atoms with E-state index in [9.17, 15) is 4.79 Å². The van der Waals surface area contributed by atoms with Gasteiger partial charge < -0.3 is 4.57 Å². The quantitative estimate of drug-likeness (QED) is 0.835. The summed E-state index contributed by atoms with van der Waals surface area (Å²) in [6.07, 6.45) is 10.1. The lowest BCUT2D eigenvalue weighted by atomic mass is 9.76. The molecule has 1 saturated carbocycles. The lowest BCUT2D eigenvalue weighted by molar-refractivity contribution is 0.0909. The third-order valence-electron chi connectivity index (χ3n) is 4.82. The van der Waals surface area contributed by atoms with Gasteiger partial charge in [0.05, 0.1) is 0 Å². The smallest absolute Gasteiger partial charge is 0.165 e.